The van der Waals surface area contributed by atoms with Gasteiger partial charge in [-0.25, -0.2) is 9.59 Å². The first kappa shape index (κ1) is 16.0. The van der Waals surface area contributed by atoms with Gasteiger partial charge >= 0.3 is 12.0 Å². The van der Waals surface area contributed by atoms with Crippen LogP contribution in [0, 0.1) is 0 Å². The lowest BCUT2D eigenvalue weighted by atomic mass is 10.2. The number of nitrogens with zero attached hydrogens (tertiary/aromatic N) is 1. The fourth-order valence-corrected chi connectivity index (χ4v) is 1.55. The lowest BCUT2D eigenvalue weighted by molar-refractivity contribution is 0.0660. The highest BCUT2D eigenvalue weighted by Gasteiger charge is 2.11. The van der Waals surface area contributed by atoms with E-state index in [2.05, 4.69) is 10.6 Å². The number of carbonyl (C=O) groups excluding carboxylic acids is 1. The van der Waals surface area contributed by atoms with E-state index in [0.29, 0.717) is 5.76 Å². The Kier molecular flexibility index (Phi) is 6.05. The number of carbonyl (C=O) groups is 2. The molecule has 20 heavy (non-hydrogen) atoms. The van der Waals surface area contributed by atoms with Crippen LogP contribution in [0.15, 0.2) is 16.5 Å². The van der Waals surface area contributed by atoms with Crippen LogP contribution in [0.4, 0.5) is 4.79 Å². The average Bonchev–Trinajstić information content (AvgIpc) is 2.83. The van der Waals surface area contributed by atoms with Gasteiger partial charge in [0.05, 0.1) is 6.54 Å². The Morgan fingerprint density at radius 1 is 1.40 bits per heavy atom. The molecule has 0 aromatic carbocycles. The Morgan fingerprint density at radius 3 is 2.65 bits per heavy atom. The fourth-order valence-electron chi connectivity index (χ4n) is 1.55. The summed E-state index contributed by atoms with van der Waals surface area (Å²) in [6.07, 6.45) is 0.852. The van der Waals surface area contributed by atoms with Crippen LogP contribution >= 0.6 is 0 Å². The normalized spacial score (nSPS) is 12.2. The van der Waals surface area contributed by atoms with Crippen molar-refractivity contribution in [2.75, 3.05) is 20.6 Å². The van der Waals surface area contributed by atoms with Crippen molar-refractivity contribution >= 4 is 12.0 Å². The first-order valence-electron chi connectivity index (χ1n) is 6.39. The molecule has 1 unspecified atom stereocenters. The van der Waals surface area contributed by atoms with E-state index in [1.165, 1.54) is 12.1 Å². The molecule has 0 saturated heterocycles. The van der Waals surface area contributed by atoms with Crippen LogP contribution in [0.5, 0.6) is 0 Å². The van der Waals surface area contributed by atoms with Crippen molar-refractivity contribution in [3.05, 3.63) is 23.7 Å². The molecule has 0 bridgehead atoms. The Morgan fingerprint density at radius 2 is 2.10 bits per heavy atom. The zero-order valence-electron chi connectivity index (χ0n) is 12.0. The van der Waals surface area contributed by atoms with Crippen molar-refractivity contribution in [2.45, 2.75) is 25.9 Å². The summed E-state index contributed by atoms with van der Waals surface area (Å²) in [5.41, 5.74) is 0. The average molecular weight is 283 g/mol. The van der Waals surface area contributed by atoms with E-state index < -0.39 is 5.97 Å². The van der Waals surface area contributed by atoms with Gasteiger partial charge in [0.2, 0.25) is 5.76 Å². The molecule has 1 atom stereocenters. The summed E-state index contributed by atoms with van der Waals surface area (Å²) in [4.78, 5) is 24.3. The minimum Gasteiger partial charge on any atom is -0.475 e. The molecule has 0 saturated carbocycles. The number of urea groups is 1. The minimum absolute atomic E-state index is 0.0589. The van der Waals surface area contributed by atoms with Crippen LogP contribution in [0.25, 0.3) is 0 Å². The van der Waals surface area contributed by atoms with Crippen molar-refractivity contribution < 1.29 is 19.1 Å². The van der Waals surface area contributed by atoms with Crippen LogP contribution in [0.3, 0.4) is 0 Å². The molecule has 2 amide bonds. The molecule has 3 N–H and O–H groups in total. The van der Waals surface area contributed by atoms with E-state index in [9.17, 15) is 9.59 Å². The van der Waals surface area contributed by atoms with E-state index in [1.54, 1.807) is 0 Å². The summed E-state index contributed by atoms with van der Waals surface area (Å²) in [5, 5.41) is 14.1. The molecule has 0 aliphatic carbocycles. The number of rotatable bonds is 7. The van der Waals surface area contributed by atoms with Gasteiger partial charge in [-0.15, -0.1) is 0 Å². The maximum absolute atomic E-state index is 11.6. The molecule has 1 rings (SSSR count). The van der Waals surface area contributed by atoms with Crippen LogP contribution < -0.4 is 10.6 Å². The number of aromatic carboxylic acids is 1. The molecule has 0 aliphatic rings. The Balaban J connectivity index is 2.30. The van der Waals surface area contributed by atoms with Gasteiger partial charge in [-0.05, 0) is 46.1 Å². The molecule has 7 heteroatoms. The van der Waals surface area contributed by atoms with Gasteiger partial charge in [0, 0.05) is 6.04 Å². The highest BCUT2D eigenvalue weighted by atomic mass is 16.4. The maximum atomic E-state index is 11.6. The molecule has 0 fully saturated rings. The third-order valence-corrected chi connectivity index (χ3v) is 2.68. The third-order valence-electron chi connectivity index (χ3n) is 2.68. The quantitative estimate of drug-likeness (QED) is 0.697. The van der Waals surface area contributed by atoms with E-state index in [-0.39, 0.29) is 24.4 Å². The van der Waals surface area contributed by atoms with Crippen molar-refractivity contribution in [1.82, 2.24) is 15.5 Å². The van der Waals surface area contributed by atoms with Gasteiger partial charge in [0.1, 0.15) is 5.76 Å². The van der Waals surface area contributed by atoms with E-state index in [1.807, 2.05) is 25.9 Å². The number of nitrogens with one attached hydrogen (secondary N) is 2. The summed E-state index contributed by atoms with van der Waals surface area (Å²) in [7, 11) is 3.95. The number of hydrogen-bond acceptors (Lipinski definition) is 4. The van der Waals surface area contributed by atoms with E-state index >= 15 is 0 Å². The fraction of sp³-hybridized carbons (Fsp3) is 0.538. The molecule has 1 heterocycles. The first-order chi connectivity index (χ1) is 9.38. The van der Waals surface area contributed by atoms with Crippen LogP contribution in [-0.4, -0.2) is 48.7 Å². The lowest BCUT2D eigenvalue weighted by Crippen LogP contribution is -2.41. The van der Waals surface area contributed by atoms with Gasteiger partial charge in [0.25, 0.3) is 0 Å². The molecule has 112 valence electrons. The van der Waals surface area contributed by atoms with Crippen LogP contribution in [0.2, 0.25) is 0 Å². The van der Waals surface area contributed by atoms with Crippen molar-refractivity contribution in [3.63, 3.8) is 0 Å². The molecule has 1 aromatic rings. The molecular weight excluding hydrogens is 262 g/mol. The third kappa shape index (κ3) is 5.75. The smallest absolute Gasteiger partial charge is 0.371 e. The summed E-state index contributed by atoms with van der Waals surface area (Å²) in [6, 6.07) is 2.64. The van der Waals surface area contributed by atoms with E-state index in [4.69, 9.17) is 9.52 Å². The molecular formula is C13H21N3O4. The minimum atomic E-state index is -1.13. The van der Waals surface area contributed by atoms with E-state index in [0.717, 1.165) is 13.0 Å². The highest BCUT2D eigenvalue weighted by Crippen LogP contribution is 2.07. The van der Waals surface area contributed by atoms with Gasteiger partial charge in [-0.2, -0.15) is 0 Å². The van der Waals surface area contributed by atoms with Crippen molar-refractivity contribution in [1.29, 1.82) is 0 Å². The van der Waals surface area contributed by atoms with Gasteiger partial charge in [-0.1, -0.05) is 0 Å². The number of carboxylic acids is 1. The predicted octanol–water partition coefficient (Wildman–Crippen LogP) is 1.12. The van der Waals surface area contributed by atoms with Crippen molar-refractivity contribution in [3.8, 4) is 0 Å². The Hall–Kier alpha value is -2.02. The second-order valence-corrected chi connectivity index (χ2v) is 4.89. The van der Waals surface area contributed by atoms with Gasteiger partial charge < -0.3 is 25.1 Å². The standard InChI is InChI=1S/C13H21N3O4/c1-9(6-7-16(2)3)15-13(19)14-8-10-4-5-11(20-10)12(17)18/h4-5,9H,6-8H2,1-3H3,(H,17,18)(H2,14,15,19). The molecule has 7 nitrogen and oxygen atoms in total. The second kappa shape index (κ2) is 7.54. The maximum Gasteiger partial charge on any atom is 0.371 e. The molecule has 0 spiro atoms. The number of amides is 2. The number of hydrogen-bond donors (Lipinski definition) is 3. The Bertz CT molecular complexity index is 456. The summed E-state index contributed by atoms with van der Waals surface area (Å²) < 4.78 is 5.03. The molecule has 0 aliphatic heterocycles. The number of furan rings is 1. The monoisotopic (exact) mass is 283 g/mol. The predicted molar refractivity (Wildman–Crippen MR) is 73.7 cm³/mol. The highest BCUT2D eigenvalue weighted by molar-refractivity contribution is 5.84. The Labute approximate surface area is 117 Å². The van der Waals surface area contributed by atoms with Crippen LogP contribution in [0.1, 0.15) is 29.7 Å². The largest absolute Gasteiger partial charge is 0.475 e. The van der Waals surface area contributed by atoms with Gasteiger partial charge in [0.15, 0.2) is 0 Å². The summed E-state index contributed by atoms with van der Waals surface area (Å²) in [5.74, 6) is -0.863. The van der Waals surface area contributed by atoms with Gasteiger partial charge in [-0.3, -0.25) is 0 Å². The molecule has 1 aromatic heterocycles. The first-order valence-corrected chi connectivity index (χ1v) is 6.39. The summed E-state index contributed by atoms with van der Waals surface area (Å²) in [6.45, 7) is 2.97. The zero-order valence-corrected chi connectivity index (χ0v) is 12.0. The number of carboxylic acid groups (broad SMARTS) is 1. The SMILES string of the molecule is CC(CCN(C)C)NC(=O)NCc1ccc(C(=O)O)o1. The summed E-state index contributed by atoms with van der Waals surface area (Å²) >= 11 is 0. The second-order valence-electron chi connectivity index (χ2n) is 4.89. The van der Waals surface area contributed by atoms with Crippen molar-refractivity contribution in [2.24, 2.45) is 0 Å². The topological polar surface area (TPSA) is 94.8 Å². The lowest BCUT2D eigenvalue weighted by Gasteiger charge is -2.16. The molecule has 0 radical (unpaired) electrons. The zero-order chi connectivity index (χ0) is 15.1. The van der Waals surface area contributed by atoms with Crippen LogP contribution in [-0.2, 0) is 6.54 Å².